The standard InChI is InChI=1S/C14H16F3NO2/c1-20-13(19)11-6-7-18(9-11)8-10-4-2-3-5-12(10)14(15,16)17/h2-5,11H,6-9H2,1H3. The molecule has 1 heterocycles. The Bertz CT molecular complexity index is 488. The Morgan fingerprint density at radius 3 is 2.75 bits per heavy atom. The minimum absolute atomic E-state index is 0.198. The van der Waals surface area contributed by atoms with Gasteiger partial charge >= 0.3 is 12.1 Å². The largest absolute Gasteiger partial charge is 0.469 e. The van der Waals surface area contributed by atoms with Gasteiger partial charge in [-0.05, 0) is 24.6 Å². The van der Waals surface area contributed by atoms with E-state index in [-0.39, 0.29) is 24.0 Å². The molecule has 1 saturated heterocycles. The van der Waals surface area contributed by atoms with Crippen LogP contribution in [0.1, 0.15) is 17.5 Å². The number of methoxy groups -OCH3 is 1. The number of rotatable bonds is 3. The third-order valence-electron chi connectivity index (χ3n) is 3.52. The average molecular weight is 287 g/mol. The van der Waals surface area contributed by atoms with Crippen LogP contribution in [0.15, 0.2) is 24.3 Å². The van der Waals surface area contributed by atoms with Crippen LogP contribution in [0, 0.1) is 5.92 Å². The number of hydrogen-bond donors (Lipinski definition) is 0. The smallest absolute Gasteiger partial charge is 0.416 e. The molecule has 1 atom stereocenters. The van der Waals surface area contributed by atoms with Gasteiger partial charge in [0.25, 0.3) is 0 Å². The lowest BCUT2D eigenvalue weighted by atomic mass is 10.1. The maximum Gasteiger partial charge on any atom is 0.416 e. The number of benzene rings is 1. The number of carbonyl (C=O) groups excluding carboxylic acids is 1. The van der Waals surface area contributed by atoms with Crippen molar-refractivity contribution < 1.29 is 22.7 Å². The van der Waals surface area contributed by atoms with E-state index in [4.69, 9.17) is 0 Å². The molecule has 1 aliphatic heterocycles. The number of esters is 1. The summed E-state index contributed by atoms with van der Waals surface area (Å²) in [6.45, 7) is 1.24. The fourth-order valence-electron chi connectivity index (χ4n) is 2.51. The van der Waals surface area contributed by atoms with E-state index in [1.54, 1.807) is 6.07 Å². The van der Waals surface area contributed by atoms with E-state index >= 15 is 0 Å². The van der Waals surface area contributed by atoms with Gasteiger partial charge in [0.2, 0.25) is 0 Å². The van der Waals surface area contributed by atoms with Crippen molar-refractivity contribution in [1.82, 2.24) is 4.90 Å². The monoisotopic (exact) mass is 287 g/mol. The molecule has 0 amide bonds. The van der Waals surface area contributed by atoms with E-state index in [9.17, 15) is 18.0 Å². The van der Waals surface area contributed by atoms with E-state index in [0.29, 0.717) is 19.5 Å². The fraction of sp³-hybridized carbons (Fsp3) is 0.500. The van der Waals surface area contributed by atoms with E-state index < -0.39 is 11.7 Å². The maximum absolute atomic E-state index is 12.9. The topological polar surface area (TPSA) is 29.5 Å². The van der Waals surface area contributed by atoms with Crippen molar-refractivity contribution in [3.05, 3.63) is 35.4 Å². The number of carbonyl (C=O) groups is 1. The number of nitrogens with zero attached hydrogens (tertiary/aromatic N) is 1. The molecule has 0 spiro atoms. The molecule has 0 aromatic heterocycles. The van der Waals surface area contributed by atoms with Gasteiger partial charge < -0.3 is 4.74 Å². The number of ether oxygens (including phenoxy) is 1. The summed E-state index contributed by atoms with van der Waals surface area (Å²) in [5.74, 6) is -0.533. The number of likely N-dealkylation sites (tertiary alicyclic amines) is 1. The van der Waals surface area contributed by atoms with Crippen LogP contribution < -0.4 is 0 Å². The molecule has 1 aromatic rings. The second kappa shape index (κ2) is 5.83. The van der Waals surface area contributed by atoms with Gasteiger partial charge in [0, 0.05) is 13.1 Å². The Morgan fingerprint density at radius 2 is 2.10 bits per heavy atom. The highest BCUT2D eigenvalue weighted by atomic mass is 19.4. The van der Waals surface area contributed by atoms with Crippen molar-refractivity contribution >= 4 is 5.97 Å². The fourth-order valence-corrected chi connectivity index (χ4v) is 2.51. The van der Waals surface area contributed by atoms with Gasteiger partial charge in [-0.3, -0.25) is 9.69 Å². The number of alkyl halides is 3. The van der Waals surface area contributed by atoms with Crippen molar-refractivity contribution in [2.24, 2.45) is 5.92 Å². The molecule has 0 radical (unpaired) electrons. The Balaban J connectivity index is 2.07. The lowest BCUT2D eigenvalue weighted by Gasteiger charge is -2.19. The first kappa shape index (κ1) is 14.8. The van der Waals surface area contributed by atoms with Crippen molar-refractivity contribution in [3.63, 3.8) is 0 Å². The zero-order valence-corrected chi connectivity index (χ0v) is 11.1. The minimum atomic E-state index is -4.35. The van der Waals surface area contributed by atoms with Crippen LogP contribution in [0.25, 0.3) is 0 Å². The molecule has 6 heteroatoms. The van der Waals surface area contributed by atoms with E-state index in [0.717, 1.165) is 6.07 Å². The summed E-state index contributed by atoms with van der Waals surface area (Å²) >= 11 is 0. The lowest BCUT2D eigenvalue weighted by molar-refractivity contribution is -0.145. The van der Waals surface area contributed by atoms with Crippen LogP contribution in [0.3, 0.4) is 0 Å². The number of hydrogen-bond acceptors (Lipinski definition) is 3. The molecular formula is C14H16F3NO2. The van der Waals surface area contributed by atoms with Crippen LogP contribution in [-0.2, 0) is 22.3 Å². The van der Waals surface area contributed by atoms with Gasteiger partial charge in [-0.25, -0.2) is 0 Å². The second-order valence-electron chi connectivity index (χ2n) is 4.90. The van der Waals surface area contributed by atoms with Gasteiger partial charge in [-0.15, -0.1) is 0 Å². The Morgan fingerprint density at radius 1 is 1.40 bits per heavy atom. The molecular weight excluding hydrogens is 271 g/mol. The van der Waals surface area contributed by atoms with Crippen LogP contribution in [0.5, 0.6) is 0 Å². The molecule has 0 aliphatic carbocycles. The molecule has 1 fully saturated rings. The van der Waals surface area contributed by atoms with Crippen LogP contribution in [0.2, 0.25) is 0 Å². The first-order valence-corrected chi connectivity index (χ1v) is 6.37. The van der Waals surface area contributed by atoms with Crippen molar-refractivity contribution in [2.75, 3.05) is 20.2 Å². The van der Waals surface area contributed by atoms with Gasteiger partial charge in [-0.2, -0.15) is 13.2 Å². The highest BCUT2D eigenvalue weighted by Gasteiger charge is 2.34. The second-order valence-corrected chi connectivity index (χ2v) is 4.90. The first-order chi connectivity index (χ1) is 9.41. The molecule has 1 aromatic carbocycles. The van der Waals surface area contributed by atoms with E-state index in [1.165, 1.54) is 19.2 Å². The van der Waals surface area contributed by atoms with Crippen LogP contribution >= 0.6 is 0 Å². The molecule has 110 valence electrons. The summed E-state index contributed by atoms with van der Waals surface area (Å²) in [5.41, 5.74) is -0.368. The van der Waals surface area contributed by atoms with Crippen molar-refractivity contribution in [3.8, 4) is 0 Å². The van der Waals surface area contributed by atoms with Gasteiger partial charge in [-0.1, -0.05) is 18.2 Å². The lowest BCUT2D eigenvalue weighted by Crippen LogP contribution is -2.25. The van der Waals surface area contributed by atoms with E-state index in [2.05, 4.69) is 4.74 Å². The molecule has 2 rings (SSSR count). The predicted octanol–water partition coefficient (Wildman–Crippen LogP) is 2.70. The minimum Gasteiger partial charge on any atom is -0.469 e. The zero-order chi connectivity index (χ0) is 14.8. The van der Waals surface area contributed by atoms with E-state index in [1.807, 2.05) is 4.90 Å². The summed E-state index contributed by atoms with van der Waals surface area (Å²) < 4.78 is 43.3. The predicted molar refractivity (Wildman–Crippen MR) is 66.8 cm³/mol. The van der Waals surface area contributed by atoms with Crippen molar-refractivity contribution in [2.45, 2.75) is 19.1 Å². The van der Waals surface area contributed by atoms with Gasteiger partial charge in [0.05, 0.1) is 18.6 Å². The number of halogens is 3. The normalized spacial score (nSPS) is 20.1. The SMILES string of the molecule is COC(=O)C1CCN(Cc2ccccc2C(F)(F)F)C1. The Hall–Kier alpha value is -1.56. The molecule has 20 heavy (non-hydrogen) atoms. The average Bonchev–Trinajstić information content (AvgIpc) is 2.86. The third-order valence-corrected chi connectivity index (χ3v) is 3.52. The summed E-state index contributed by atoms with van der Waals surface area (Å²) in [7, 11) is 1.32. The molecule has 1 aliphatic rings. The summed E-state index contributed by atoms with van der Waals surface area (Å²) in [6, 6.07) is 5.55. The molecule has 1 unspecified atom stereocenters. The summed E-state index contributed by atoms with van der Waals surface area (Å²) in [5, 5.41) is 0. The highest BCUT2D eigenvalue weighted by molar-refractivity contribution is 5.72. The van der Waals surface area contributed by atoms with Crippen LogP contribution in [0.4, 0.5) is 13.2 Å². The maximum atomic E-state index is 12.9. The molecule has 0 bridgehead atoms. The summed E-state index contributed by atoms with van der Waals surface area (Å²) in [4.78, 5) is 13.3. The molecule has 0 saturated carbocycles. The Kier molecular flexibility index (Phi) is 4.32. The summed E-state index contributed by atoms with van der Waals surface area (Å²) in [6.07, 6.45) is -3.72. The first-order valence-electron chi connectivity index (χ1n) is 6.37. The molecule has 0 N–H and O–H groups in total. The zero-order valence-electron chi connectivity index (χ0n) is 11.1. The quantitative estimate of drug-likeness (QED) is 0.801. The highest BCUT2D eigenvalue weighted by Crippen LogP contribution is 2.33. The third kappa shape index (κ3) is 3.30. The Labute approximate surface area is 115 Å². The van der Waals surface area contributed by atoms with Gasteiger partial charge in [0.15, 0.2) is 0 Å². The van der Waals surface area contributed by atoms with Gasteiger partial charge in [0.1, 0.15) is 0 Å². The van der Waals surface area contributed by atoms with Crippen LogP contribution in [-0.4, -0.2) is 31.1 Å². The molecule has 3 nitrogen and oxygen atoms in total. The van der Waals surface area contributed by atoms with Crippen molar-refractivity contribution in [1.29, 1.82) is 0 Å².